The summed E-state index contributed by atoms with van der Waals surface area (Å²) in [5.74, 6) is -2.36. The fourth-order valence-corrected chi connectivity index (χ4v) is 2.51. The number of imidazole rings is 1. The topological polar surface area (TPSA) is 93.3 Å². The molecule has 0 saturated carbocycles. The largest absolute Gasteiger partial charge is 0.480 e. The van der Waals surface area contributed by atoms with Crippen LogP contribution in [0.15, 0.2) is 29.1 Å². The monoisotopic (exact) mass is 341 g/mol. The number of carbonyl (C=O) groups is 2. The predicted octanol–water partition coefficient (Wildman–Crippen LogP) is 1.05. The number of rotatable bonds is 7. The molecule has 0 saturated heterocycles. The second-order valence-electron chi connectivity index (χ2n) is 5.19. The summed E-state index contributed by atoms with van der Waals surface area (Å²) >= 11 is 0. The number of aliphatic carboxylic acids is 1. The fourth-order valence-electron chi connectivity index (χ4n) is 2.51. The molecule has 0 radical (unpaired) electrons. The smallest absolute Gasteiger partial charge is 0.329 e. The molecular weight excluding hydrogens is 324 g/mol. The van der Waals surface area contributed by atoms with Gasteiger partial charge in [0.2, 0.25) is 12.3 Å². The molecule has 2 rings (SSSR count). The van der Waals surface area contributed by atoms with E-state index < -0.39 is 43.0 Å². The number of amides is 1. The third kappa shape index (κ3) is 3.61. The Hall–Kier alpha value is -2.71. The van der Waals surface area contributed by atoms with Crippen molar-refractivity contribution >= 4 is 22.9 Å². The number of aryl methyl sites for hydroxylation is 1. The van der Waals surface area contributed by atoms with Crippen LogP contribution in [0.1, 0.15) is 13.3 Å². The van der Waals surface area contributed by atoms with Crippen molar-refractivity contribution in [2.24, 2.45) is 0 Å². The summed E-state index contributed by atoms with van der Waals surface area (Å²) in [6.07, 6.45) is -3.86. The van der Waals surface area contributed by atoms with Crippen LogP contribution in [0.5, 0.6) is 0 Å². The minimum absolute atomic E-state index is 0.400. The van der Waals surface area contributed by atoms with E-state index in [2.05, 4.69) is 0 Å². The number of carboxylic acid groups (broad SMARTS) is 1. The average molecular weight is 341 g/mol. The van der Waals surface area contributed by atoms with Crippen molar-refractivity contribution in [2.45, 2.75) is 38.9 Å². The molecule has 1 aromatic carbocycles. The molecule has 1 unspecified atom stereocenters. The Bertz CT molecular complexity index is 813. The highest BCUT2D eigenvalue weighted by atomic mass is 19.3. The minimum atomic E-state index is -2.86. The second-order valence-corrected chi connectivity index (χ2v) is 5.19. The highest BCUT2D eigenvalue weighted by Gasteiger charge is 2.25. The van der Waals surface area contributed by atoms with Gasteiger partial charge >= 0.3 is 11.7 Å². The number of carboxylic acids is 1. The van der Waals surface area contributed by atoms with Crippen molar-refractivity contribution in [1.29, 1.82) is 0 Å². The number of benzene rings is 1. The first-order valence-corrected chi connectivity index (χ1v) is 7.33. The third-order valence-corrected chi connectivity index (χ3v) is 3.59. The van der Waals surface area contributed by atoms with E-state index in [-0.39, 0.29) is 0 Å². The summed E-state index contributed by atoms with van der Waals surface area (Å²) < 4.78 is 27.4. The van der Waals surface area contributed by atoms with Crippen molar-refractivity contribution in [2.75, 3.05) is 0 Å². The molecule has 24 heavy (non-hydrogen) atoms. The van der Waals surface area contributed by atoms with Gasteiger partial charge in [-0.2, -0.15) is 0 Å². The van der Waals surface area contributed by atoms with Crippen LogP contribution in [0.4, 0.5) is 8.78 Å². The maximum atomic E-state index is 12.4. The molecule has 0 fully saturated rings. The molecule has 1 amide bonds. The van der Waals surface area contributed by atoms with E-state index in [9.17, 15) is 23.2 Å². The number of carbonyl (C=O) groups excluding carboxylic acids is 1. The summed E-state index contributed by atoms with van der Waals surface area (Å²) in [7, 11) is 0. The summed E-state index contributed by atoms with van der Waals surface area (Å²) in [6.45, 7) is 1.73. The maximum absolute atomic E-state index is 12.4. The van der Waals surface area contributed by atoms with Crippen LogP contribution in [0.25, 0.3) is 11.0 Å². The van der Waals surface area contributed by atoms with E-state index >= 15 is 0 Å². The van der Waals surface area contributed by atoms with E-state index in [1.54, 1.807) is 31.2 Å². The molecule has 1 heterocycles. The standard InChI is InChI=1S/C15H17F2N3O4/c1-2-19-10-5-3-4-6-11(10)20(15(19)24)8-13(21)18-9(14(22)23)7-12(16)17/h3-6,9,12H,2,7-8H2,1H3,(H,18,21)(H,22,23). The zero-order valence-corrected chi connectivity index (χ0v) is 12.9. The van der Waals surface area contributed by atoms with Gasteiger partial charge in [-0.3, -0.25) is 13.9 Å². The lowest BCUT2D eigenvalue weighted by Crippen LogP contribution is -2.44. The zero-order chi connectivity index (χ0) is 17.9. The number of nitrogens with one attached hydrogen (secondary N) is 1. The Morgan fingerprint density at radius 3 is 2.29 bits per heavy atom. The Morgan fingerprint density at radius 1 is 1.21 bits per heavy atom. The Morgan fingerprint density at radius 2 is 1.79 bits per heavy atom. The van der Waals surface area contributed by atoms with Gasteiger partial charge in [0, 0.05) is 13.0 Å². The first-order chi connectivity index (χ1) is 11.3. The van der Waals surface area contributed by atoms with Crippen LogP contribution in [-0.4, -0.2) is 38.6 Å². The van der Waals surface area contributed by atoms with Gasteiger partial charge in [-0.05, 0) is 19.1 Å². The molecule has 2 aromatic rings. The van der Waals surface area contributed by atoms with Gasteiger partial charge in [-0.15, -0.1) is 0 Å². The maximum Gasteiger partial charge on any atom is 0.329 e. The molecule has 0 aliphatic rings. The SMILES string of the molecule is CCn1c(=O)n(CC(=O)NC(CC(F)F)C(=O)O)c2ccccc21. The van der Waals surface area contributed by atoms with Crippen molar-refractivity contribution in [1.82, 2.24) is 14.5 Å². The second kappa shape index (κ2) is 7.24. The fraction of sp³-hybridized carbons (Fsp3) is 0.400. The number of aromatic nitrogens is 2. The van der Waals surface area contributed by atoms with Crippen molar-refractivity contribution in [3.63, 3.8) is 0 Å². The van der Waals surface area contributed by atoms with Gasteiger partial charge in [0.25, 0.3) is 0 Å². The first kappa shape index (κ1) is 17.6. The first-order valence-electron chi connectivity index (χ1n) is 7.33. The minimum Gasteiger partial charge on any atom is -0.480 e. The van der Waals surface area contributed by atoms with E-state index in [1.807, 2.05) is 5.32 Å². The number of hydrogen-bond donors (Lipinski definition) is 2. The van der Waals surface area contributed by atoms with Gasteiger partial charge in [0.05, 0.1) is 11.0 Å². The molecule has 0 bridgehead atoms. The van der Waals surface area contributed by atoms with Crippen LogP contribution in [-0.2, 0) is 22.7 Å². The van der Waals surface area contributed by atoms with Crippen LogP contribution in [0.3, 0.4) is 0 Å². The molecule has 130 valence electrons. The molecule has 7 nitrogen and oxygen atoms in total. The third-order valence-electron chi connectivity index (χ3n) is 3.59. The summed E-state index contributed by atoms with van der Waals surface area (Å²) in [5.41, 5.74) is 0.731. The molecule has 9 heteroatoms. The van der Waals surface area contributed by atoms with Gasteiger partial charge in [-0.25, -0.2) is 18.4 Å². The summed E-state index contributed by atoms with van der Waals surface area (Å²) in [4.78, 5) is 35.3. The van der Waals surface area contributed by atoms with E-state index in [0.29, 0.717) is 17.6 Å². The summed E-state index contributed by atoms with van der Waals surface area (Å²) in [5, 5.41) is 10.9. The Balaban J connectivity index is 2.26. The van der Waals surface area contributed by atoms with Gasteiger partial charge in [0.1, 0.15) is 12.6 Å². The molecule has 0 spiro atoms. The number of halogens is 2. The van der Waals surface area contributed by atoms with Crippen molar-refractivity contribution < 1.29 is 23.5 Å². The van der Waals surface area contributed by atoms with Gasteiger partial charge in [0.15, 0.2) is 0 Å². The molecule has 1 aromatic heterocycles. The molecule has 2 N–H and O–H groups in total. The highest BCUT2D eigenvalue weighted by Crippen LogP contribution is 2.12. The molecule has 0 aliphatic carbocycles. The number of fused-ring (bicyclic) bond motifs is 1. The van der Waals surface area contributed by atoms with Crippen molar-refractivity contribution in [3.8, 4) is 0 Å². The van der Waals surface area contributed by atoms with Crippen molar-refractivity contribution in [3.05, 3.63) is 34.7 Å². The average Bonchev–Trinajstić information content (AvgIpc) is 2.78. The van der Waals surface area contributed by atoms with E-state index in [0.717, 1.165) is 0 Å². The normalized spacial score (nSPS) is 12.5. The highest BCUT2D eigenvalue weighted by molar-refractivity contribution is 5.85. The van der Waals surface area contributed by atoms with Gasteiger partial charge < -0.3 is 10.4 Å². The molecule has 1 atom stereocenters. The zero-order valence-electron chi connectivity index (χ0n) is 12.9. The van der Waals surface area contributed by atoms with Gasteiger partial charge in [-0.1, -0.05) is 12.1 Å². The molecular formula is C15H17F2N3O4. The number of nitrogens with zero attached hydrogens (tertiary/aromatic N) is 2. The van der Waals surface area contributed by atoms with Crippen LogP contribution in [0, 0.1) is 0 Å². The lowest BCUT2D eigenvalue weighted by Gasteiger charge is -2.14. The lowest BCUT2D eigenvalue weighted by molar-refractivity contribution is -0.143. The lowest BCUT2D eigenvalue weighted by atomic mass is 10.2. The molecule has 0 aliphatic heterocycles. The van der Waals surface area contributed by atoms with Crippen LogP contribution >= 0.6 is 0 Å². The van der Waals surface area contributed by atoms with Crippen LogP contribution < -0.4 is 11.0 Å². The summed E-state index contributed by atoms with van der Waals surface area (Å²) in [6, 6.07) is 5.14. The number of alkyl halides is 2. The van der Waals surface area contributed by atoms with E-state index in [4.69, 9.17) is 5.11 Å². The van der Waals surface area contributed by atoms with Crippen LogP contribution in [0.2, 0.25) is 0 Å². The Labute approximate surface area is 135 Å². The Kier molecular flexibility index (Phi) is 5.32. The predicted molar refractivity (Wildman–Crippen MR) is 82.1 cm³/mol. The number of para-hydroxylation sites is 2. The quantitative estimate of drug-likeness (QED) is 0.787. The number of hydrogen-bond acceptors (Lipinski definition) is 3. The van der Waals surface area contributed by atoms with E-state index in [1.165, 1.54) is 9.13 Å².